The van der Waals surface area contributed by atoms with E-state index in [4.69, 9.17) is 23.2 Å². The van der Waals surface area contributed by atoms with Crippen molar-refractivity contribution >= 4 is 40.9 Å². The first kappa shape index (κ1) is 30.8. The highest BCUT2D eigenvalue weighted by molar-refractivity contribution is 6.42. The number of likely N-dealkylation sites (N-methyl/N-ethyl adjacent to an activating group) is 1. The number of likely N-dealkylation sites (tertiary alicyclic amines) is 3. The highest BCUT2D eigenvalue weighted by atomic mass is 35.5. The molecule has 0 N–H and O–H groups in total. The lowest BCUT2D eigenvalue weighted by Crippen LogP contribution is -2.65. The van der Waals surface area contributed by atoms with Crippen LogP contribution in [0.2, 0.25) is 10.0 Å². The third-order valence-corrected chi connectivity index (χ3v) is 10.1. The van der Waals surface area contributed by atoms with Crippen molar-refractivity contribution in [1.82, 2.24) is 19.6 Å². The standard InChI is InChI=1S/C33H42Cl2N4O3/c1-36(31(41)25-9-3-2-4-10-25)24-27(26-12-13-28(34)29(35)23-26)14-20-37-21-15-33(16-22-37,32(42)38-17-7-8-18-38)39-19-6-5-11-30(39)40/h2-4,9-10,12-13,23,27H,5-8,11,14-22,24H2,1H3/t27-/m1/s1. The van der Waals surface area contributed by atoms with Gasteiger partial charge in [-0.05, 0) is 81.3 Å². The average Bonchev–Trinajstić information content (AvgIpc) is 3.56. The minimum atomic E-state index is -0.718. The number of hydrogen-bond acceptors (Lipinski definition) is 4. The minimum Gasteiger partial charge on any atom is -0.341 e. The number of carbonyl (C=O) groups excluding carboxylic acids is 3. The Morgan fingerprint density at radius 1 is 0.905 bits per heavy atom. The molecule has 226 valence electrons. The van der Waals surface area contributed by atoms with Crippen LogP contribution in [-0.4, -0.2) is 95.7 Å². The molecular weight excluding hydrogens is 571 g/mol. The molecule has 0 saturated carbocycles. The Kier molecular flexibility index (Phi) is 10.1. The number of carbonyl (C=O) groups is 3. The number of piperidine rings is 2. The van der Waals surface area contributed by atoms with E-state index in [1.807, 2.05) is 65.4 Å². The number of nitrogens with zero attached hydrogens (tertiary/aromatic N) is 4. The maximum atomic E-state index is 13.9. The van der Waals surface area contributed by atoms with Crippen LogP contribution in [0, 0.1) is 0 Å². The summed E-state index contributed by atoms with van der Waals surface area (Å²) in [5, 5.41) is 1.01. The maximum absolute atomic E-state index is 13.9. The van der Waals surface area contributed by atoms with Gasteiger partial charge >= 0.3 is 0 Å². The molecule has 3 aliphatic rings. The van der Waals surface area contributed by atoms with Gasteiger partial charge in [-0.2, -0.15) is 0 Å². The van der Waals surface area contributed by atoms with Crippen LogP contribution in [0.5, 0.6) is 0 Å². The summed E-state index contributed by atoms with van der Waals surface area (Å²) in [6.07, 6.45) is 6.64. The molecule has 5 rings (SSSR count). The molecule has 0 spiro atoms. The average molecular weight is 614 g/mol. The zero-order valence-electron chi connectivity index (χ0n) is 24.6. The normalized spacial score (nSPS) is 20.0. The molecule has 3 amide bonds. The first-order valence-corrected chi connectivity index (χ1v) is 16.1. The molecule has 42 heavy (non-hydrogen) atoms. The Balaban J connectivity index is 1.28. The zero-order valence-corrected chi connectivity index (χ0v) is 26.1. The molecule has 3 saturated heterocycles. The van der Waals surface area contributed by atoms with Crippen molar-refractivity contribution in [2.24, 2.45) is 0 Å². The van der Waals surface area contributed by atoms with Gasteiger partial charge in [0.05, 0.1) is 10.0 Å². The molecule has 0 bridgehead atoms. The lowest BCUT2D eigenvalue weighted by Gasteiger charge is -2.50. The molecular formula is C33H42Cl2N4O3. The summed E-state index contributed by atoms with van der Waals surface area (Å²) < 4.78 is 0. The molecule has 9 heteroatoms. The van der Waals surface area contributed by atoms with Gasteiger partial charge in [0.2, 0.25) is 11.8 Å². The van der Waals surface area contributed by atoms with E-state index in [-0.39, 0.29) is 23.6 Å². The first-order chi connectivity index (χ1) is 20.3. The van der Waals surface area contributed by atoms with Gasteiger partial charge in [0.15, 0.2) is 0 Å². The van der Waals surface area contributed by atoms with Crippen molar-refractivity contribution in [1.29, 1.82) is 0 Å². The molecule has 0 radical (unpaired) electrons. The van der Waals surface area contributed by atoms with Gasteiger partial charge in [0, 0.05) is 64.2 Å². The lowest BCUT2D eigenvalue weighted by atomic mass is 9.82. The van der Waals surface area contributed by atoms with Gasteiger partial charge in [-0.3, -0.25) is 14.4 Å². The van der Waals surface area contributed by atoms with E-state index >= 15 is 0 Å². The molecule has 3 heterocycles. The van der Waals surface area contributed by atoms with Gasteiger partial charge < -0.3 is 19.6 Å². The van der Waals surface area contributed by atoms with Crippen LogP contribution in [0.15, 0.2) is 48.5 Å². The molecule has 3 fully saturated rings. The predicted octanol–water partition coefficient (Wildman–Crippen LogP) is 5.71. The van der Waals surface area contributed by atoms with Crippen molar-refractivity contribution in [3.63, 3.8) is 0 Å². The summed E-state index contributed by atoms with van der Waals surface area (Å²) in [5.74, 6) is 0.326. The maximum Gasteiger partial charge on any atom is 0.253 e. The number of amides is 3. The number of halogens is 2. The monoisotopic (exact) mass is 612 g/mol. The van der Waals surface area contributed by atoms with Crippen LogP contribution in [-0.2, 0) is 9.59 Å². The van der Waals surface area contributed by atoms with E-state index in [1.165, 1.54) is 0 Å². The van der Waals surface area contributed by atoms with Crippen molar-refractivity contribution in [2.45, 2.75) is 62.8 Å². The van der Waals surface area contributed by atoms with Gasteiger partial charge in [-0.25, -0.2) is 0 Å². The second-order valence-electron chi connectivity index (χ2n) is 12.1. The van der Waals surface area contributed by atoms with E-state index in [2.05, 4.69) is 4.90 Å². The molecule has 3 aliphatic heterocycles. The Hall–Kier alpha value is -2.61. The third-order valence-electron chi connectivity index (χ3n) is 9.39. The predicted molar refractivity (Wildman–Crippen MR) is 167 cm³/mol. The molecule has 1 atom stereocenters. The van der Waals surface area contributed by atoms with Crippen LogP contribution in [0.3, 0.4) is 0 Å². The second-order valence-corrected chi connectivity index (χ2v) is 12.9. The van der Waals surface area contributed by atoms with Crippen molar-refractivity contribution in [3.05, 3.63) is 69.7 Å². The van der Waals surface area contributed by atoms with Gasteiger partial charge in [0.1, 0.15) is 5.54 Å². The SMILES string of the molecule is CN(C[C@@H](CCN1CCC(C(=O)N2CCCC2)(N2CCCCC2=O)CC1)c1ccc(Cl)c(Cl)c1)C(=O)c1ccccc1. The zero-order chi connectivity index (χ0) is 29.7. The van der Waals surface area contributed by atoms with Crippen molar-refractivity contribution < 1.29 is 14.4 Å². The van der Waals surface area contributed by atoms with Crippen LogP contribution in [0.4, 0.5) is 0 Å². The summed E-state index contributed by atoms with van der Waals surface area (Å²) >= 11 is 12.6. The highest BCUT2D eigenvalue weighted by Gasteiger charge is 2.50. The van der Waals surface area contributed by atoms with Crippen LogP contribution in [0.1, 0.15) is 73.2 Å². The smallest absolute Gasteiger partial charge is 0.253 e. The Morgan fingerprint density at radius 2 is 1.60 bits per heavy atom. The largest absolute Gasteiger partial charge is 0.341 e. The van der Waals surface area contributed by atoms with Crippen molar-refractivity contribution in [2.75, 3.05) is 52.9 Å². The fourth-order valence-corrected chi connectivity index (χ4v) is 7.21. The number of benzene rings is 2. The van der Waals surface area contributed by atoms with E-state index in [1.54, 1.807) is 4.90 Å². The van der Waals surface area contributed by atoms with Gasteiger partial charge in [0.25, 0.3) is 5.91 Å². The molecule has 2 aromatic carbocycles. The van der Waals surface area contributed by atoms with Crippen LogP contribution in [0.25, 0.3) is 0 Å². The Bertz CT molecular complexity index is 1260. The topological polar surface area (TPSA) is 64.2 Å². The number of rotatable bonds is 9. The quantitative estimate of drug-likeness (QED) is 0.364. The highest BCUT2D eigenvalue weighted by Crippen LogP contribution is 2.36. The molecule has 0 unspecified atom stereocenters. The third kappa shape index (κ3) is 6.79. The van der Waals surface area contributed by atoms with Gasteiger partial charge in [-0.15, -0.1) is 0 Å². The van der Waals surface area contributed by atoms with E-state index < -0.39 is 5.54 Å². The summed E-state index contributed by atoms with van der Waals surface area (Å²) in [6, 6.07) is 15.1. The van der Waals surface area contributed by atoms with Crippen LogP contribution < -0.4 is 0 Å². The van der Waals surface area contributed by atoms with Crippen molar-refractivity contribution in [3.8, 4) is 0 Å². The summed E-state index contributed by atoms with van der Waals surface area (Å²) in [4.78, 5) is 48.3. The fourth-order valence-electron chi connectivity index (χ4n) is 6.90. The van der Waals surface area contributed by atoms with E-state index in [0.29, 0.717) is 48.0 Å². The van der Waals surface area contributed by atoms with Crippen LogP contribution >= 0.6 is 23.2 Å². The summed E-state index contributed by atoms with van der Waals surface area (Å²) in [6.45, 7) is 5.16. The summed E-state index contributed by atoms with van der Waals surface area (Å²) in [5.41, 5.74) is 0.991. The van der Waals surface area contributed by atoms with E-state index in [9.17, 15) is 14.4 Å². The van der Waals surface area contributed by atoms with E-state index in [0.717, 1.165) is 70.4 Å². The first-order valence-electron chi connectivity index (χ1n) is 15.4. The summed E-state index contributed by atoms with van der Waals surface area (Å²) in [7, 11) is 1.84. The second kappa shape index (κ2) is 13.8. The van der Waals surface area contributed by atoms with Gasteiger partial charge in [-0.1, -0.05) is 47.5 Å². The molecule has 2 aromatic rings. The molecule has 7 nitrogen and oxygen atoms in total. The minimum absolute atomic E-state index is 0.0185. The Morgan fingerprint density at radius 3 is 2.26 bits per heavy atom. The lowest BCUT2D eigenvalue weighted by molar-refractivity contribution is -0.159. The number of hydrogen-bond donors (Lipinski definition) is 0. The molecule has 0 aliphatic carbocycles. The Labute approximate surface area is 259 Å². The molecule has 0 aromatic heterocycles. The fraction of sp³-hybridized carbons (Fsp3) is 0.545.